The van der Waals surface area contributed by atoms with Crippen LogP contribution in [0.2, 0.25) is 0 Å². The van der Waals surface area contributed by atoms with E-state index in [9.17, 15) is 17.4 Å². The first-order valence-corrected chi connectivity index (χ1v) is 6.52. The van der Waals surface area contributed by atoms with E-state index in [-0.39, 0.29) is 0 Å². The Morgan fingerprint density at radius 2 is 1.75 bits per heavy atom. The highest BCUT2D eigenvalue weighted by Crippen LogP contribution is 2.37. The van der Waals surface area contributed by atoms with Crippen LogP contribution in [-0.2, 0) is 11.0 Å². The van der Waals surface area contributed by atoms with Crippen LogP contribution in [0.15, 0.2) is 0 Å². The molecule has 1 fully saturated rings. The van der Waals surface area contributed by atoms with Gasteiger partial charge in [-0.05, 0) is 39.5 Å². The zero-order chi connectivity index (χ0) is 12.6. The van der Waals surface area contributed by atoms with Crippen LogP contribution in [0.3, 0.4) is 0 Å². The van der Waals surface area contributed by atoms with Gasteiger partial charge in [0, 0.05) is 0 Å². The maximum Gasteiger partial charge on any atom is 0.405 e. The predicted molar refractivity (Wildman–Crippen MR) is 58.2 cm³/mol. The molecule has 1 saturated carbocycles. The average molecular weight is 257 g/mol. The molecule has 0 aliphatic heterocycles. The van der Waals surface area contributed by atoms with Gasteiger partial charge in [0.1, 0.15) is 6.04 Å². The molecule has 0 aromatic heterocycles. The fourth-order valence-electron chi connectivity index (χ4n) is 1.50. The van der Waals surface area contributed by atoms with Crippen molar-refractivity contribution in [2.75, 3.05) is 0 Å². The summed E-state index contributed by atoms with van der Waals surface area (Å²) in [5, 5.41) is 0. The van der Waals surface area contributed by atoms with E-state index in [2.05, 4.69) is 4.72 Å². The Kier molecular flexibility index (Phi) is 4.05. The molecule has 0 radical (unpaired) electrons. The van der Waals surface area contributed by atoms with Gasteiger partial charge >= 0.3 is 6.18 Å². The number of hydrogen-bond acceptors (Lipinski definition) is 1. The van der Waals surface area contributed by atoms with E-state index >= 15 is 0 Å². The summed E-state index contributed by atoms with van der Waals surface area (Å²) in [6, 6.07) is -1.62. The SMILES string of the molecule is CC(C)(C)S(=O)N[C@H](C1CCC1)C(F)(F)F. The van der Waals surface area contributed by atoms with Crippen LogP contribution >= 0.6 is 0 Å². The van der Waals surface area contributed by atoms with Crippen molar-refractivity contribution >= 4 is 11.0 Å². The molecule has 1 aliphatic carbocycles. The lowest BCUT2D eigenvalue weighted by molar-refractivity contribution is -0.168. The van der Waals surface area contributed by atoms with Crippen molar-refractivity contribution in [1.29, 1.82) is 0 Å². The maximum absolute atomic E-state index is 12.7. The van der Waals surface area contributed by atoms with E-state index < -0.39 is 33.9 Å². The maximum atomic E-state index is 12.7. The molecule has 0 aromatic carbocycles. The van der Waals surface area contributed by atoms with Crippen molar-refractivity contribution in [2.45, 2.75) is 57.0 Å². The van der Waals surface area contributed by atoms with Gasteiger partial charge in [0.15, 0.2) is 0 Å². The molecule has 0 amide bonds. The van der Waals surface area contributed by atoms with Crippen molar-refractivity contribution < 1.29 is 17.4 Å². The number of halogens is 3. The van der Waals surface area contributed by atoms with Crippen molar-refractivity contribution in [2.24, 2.45) is 5.92 Å². The van der Waals surface area contributed by atoms with E-state index in [1.165, 1.54) is 0 Å². The van der Waals surface area contributed by atoms with Gasteiger partial charge < -0.3 is 0 Å². The highest BCUT2D eigenvalue weighted by Gasteiger charge is 2.47. The normalized spacial score (nSPS) is 22.6. The third kappa shape index (κ3) is 3.45. The number of alkyl halides is 3. The van der Waals surface area contributed by atoms with Crippen molar-refractivity contribution in [3.05, 3.63) is 0 Å². The van der Waals surface area contributed by atoms with Crippen LogP contribution in [0.25, 0.3) is 0 Å². The lowest BCUT2D eigenvalue weighted by atomic mass is 9.80. The molecule has 6 heteroatoms. The summed E-state index contributed by atoms with van der Waals surface area (Å²) in [6.45, 7) is 4.97. The minimum absolute atomic E-state index is 0.411. The summed E-state index contributed by atoms with van der Waals surface area (Å²) in [6.07, 6.45) is -2.34. The van der Waals surface area contributed by atoms with Gasteiger partial charge in [0.05, 0.1) is 15.7 Å². The molecule has 0 aromatic rings. The monoisotopic (exact) mass is 257 g/mol. The molecule has 2 atom stereocenters. The first-order valence-electron chi connectivity index (χ1n) is 5.37. The zero-order valence-electron chi connectivity index (χ0n) is 9.73. The molecule has 0 saturated heterocycles. The van der Waals surface area contributed by atoms with Gasteiger partial charge in [-0.15, -0.1) is 0 Å². The summed E-state index contributed by atoms with van der Waals surface area (Å²) in [5.74, 6) is -0.411. The molecular weight excluding hydrogens is 239 g/mol. The molecule has 1 N–H and O–H groups in total. The Labute approximate surface area is 96.6 Å². The fraction of sp³-hybridized carbons (Fsp3) is 1.00. The molecule has 0 spiro atoms. The smallest absolute Gasteiger partial charge is 0.242 e. The second kappa shape index (κ2) is 4.64. The molecule has 16 heavy (non-hydrogen) atoms. The summed E-state index contributed by atoms with van der Waals surface area (Å²) in [7, 11) is -1.67. The molecular formula is C10H18F3NOS. The largest absolute Gasteiger partial charge is 0.405 e. The first-order chi connectivity index (χ1) is 7.12. The average Bonchev–Trinajstić information content (AvgIpc) is 1.95. The quantitative estimate of drug-likeness (QED) is 0.827. The second-order valence-corrected chi connectivity index (χ2v) is 7.21. The molecule has 0 bridgehead atoms. The third-order valence-electron chi connectivity index (χ3n) is 2.76. The van der Waals surface area contributed by atoms with E-state index in [1.807, 2.05) is 0 Å². The summed E-state index contributed by atoms with van der Waals surface area (Å²) in [4.78, 5) is 0. The zero-order valence-corrected chi connectivity index (χ0v) is 10.5. The van der Waals surface area contributed by atoms with Gasteiger partial charge in [-0.3, -0.25) is 0 Å². The van der Waals surface area contributed by atoms with E-state index in [1.54, 1.807) is 20.8 Å². The lowest BCUT2D eigenvalue weighted by Gasteiger charge is -2.36. The first kappa shape index (κ1) is 14.0. The molecule has 1 aliphatic rings. The van der Waals surface area contributed by atoms with Crippen LogP contribution in [0, 0.1) is 5.92 Å². The molecule has 2 nitrogen and oxygen atoms in total. The molecule has 1 rings (SSSR count). The second-order valence-electron chi connectivity index (χ2n) is 5.21. The van der Waals surface area contributed by atoms with E-state index in [4.69, 9.17) is 0 Å². The Balaban J connectivity index is 2.68. The Morgan fingerprint density at radius 3 is 2.00 bits per heavy atom. The number of hydrogen-bond donors (Lipinski definition) is 1. The molecule has 96 valence electrons. The summed E-state index contributed by atoms with van der Waals surface area (Å²) in [5.41, 5.74) is 0. The Bertz CT molecular complexity index is 268. The minimum Gasteiger partial charge on any atom is -0.242 e. The number of nitrogens with one attached hydrogen (secondary N) is 1. The van der Waals surface area contributed by atoms with E-state index in [0.29, 0.717) is 12.8 Å². The van der Waals surface area contributed by atoms with Crippen LogP contribution in [0.1, 0.15) is 40.0 Å². The van der Waals surface area contributed by atoms with Gasteiger partial charge in [-0.2, -0.15) is 13.2 Å². The van der Waals surface area contributed by atoms with E-state index in [0.717, 1.165) is 6.42 Å². The molecule has 1 unspecified atom stereocenters. The summed E-state index contributed by atoms with van der Waals surface area (Å²) < 4.78 is 51.5. The highest BCUT2D eigenvalue weighted by atomic mass is 32.2. The lowest BCUT2D eigenvalue weighted by Crippen LogP contribution is -2.53. The van der Waals surface area contributed by atoms with Crippen molar-refractivity contribution in [3.63, 3.8) is 0 Å². The Morgan fingerprint density at radius 1 is 1.25 bits per heavy atom. The number of rotatable bonds is 3. The third-order valence-corrected chi connectivity index (χ3v) is 4.34. The standard InChI is InChI=1S/C10H18F3NOS/c1-9(2,3)16(15)14-8(10(11,12)13)7-5-4-6-7/h7-8,14H,4-6H2,1-3H3/t8-,16?/m1/s1. The minimum atomic E-state index is -4.31. The van der Waals surface area contributed by atoms with Crippen LogP contribution in [0.5, 0.6) is 0 Å². The van der Waals surface area contributed by atoms with Crippen LogP contribution in [0.4, 0.5) is 13.2 Å². The predicted octanol–water partition coefficient (Wildman–Crippen LogP) is 2.77. The van der Waals surface area contributed by atoms with Gasteiger partial charge in [0.2, 0.25) is 0 Å². The summed E-state index contributed by atoms with van der Waals surface area (Å²) >= 11 is 0. The van der Waals surface area contributed by atoms with Crippen molar-refractivity contribution in [1.82, 2.24) is 4.72 Å². The van der Waals surface area contributed by atoms with Gasteiger partial charge in [-0.25, -0.2) is 8.93 Å². The van der Waals surface area contributed by atoms with Crippen LogP contribution in [-0.4, -0.2) is 21.2 Å². The fourth-order valence-corrected chi connectivity index (χ4v) is 2.41. The van der Waals surface area contributed by atoms with Crippen molar-refractivity contribution in [3.8, 4) is 0 Å². The topological polar surface area (TPSA) is 29.1 Å². The van der Waals surface area contributed by atoms with Gasteiger partial charge in [0.25, 0.3) is 0 Å². The Hall–Kier alpha value is -0.100. The molecule has 0 heterocycles. The van der Waals surface area contributed by atoms with Gasteiger partial charge in [-0.1, -0.05) is 6.42 Å². The van der Waals surface area contributed by atoms with Crippen LogP contribution < -0.4 is 4.72 Å². The highest BCUT2D eigenvalue weighted by molar-refractivity contribution is 7.84.